The van der Waals surface area contributed by atoms with Gasteiger partial charge in [0, 0.05) is 26.6 Å². The molecule has 2 aromatic heterocycles. The van der Waals surface area contributed by atoms with Gasteiger partial charge < -0.3 is 14.8 Å². The predicted molar refractivity (Wildman–Crippen MR) is 76.2 cm³/mol. The van der Waals surface area contributed by atoms with Crippen LogP contribution in [0.1, 0.15) is 16.1 Å². The Kier molecular flexibility index (Phi) is 5.02. The maximum Gasteiger partial charge on any atom is 0.254 e. The van der Waals surface area contributed by atoms with Crippen molar-refractivity contribution < 1.29 is 14.3 Å². The van der Waals surface area contributed by atoms with Gasteiger partial charge in [-0.05, 0) is 19.1 Å². The minimum Gasteiger partial charge on any atom is -0.354 e. The van der Waals surface area contributed by atoms with E-state index < -0.39 is 6.29 Å². The zero-order valence-electron chi connectivity index (χ0n) is 12.2. The molecular weight excluding hydrogens is 272 g/mol. The smallest absolute Gasteiger partial charge is 0.254 e. The largest absolute Gasteiger partial charge is 0.354 e. The first-order chi connectivity index (χ1) is 10.2. The zero-order valence-corrected chi connectivity index (χ0v) is 12.2. The van der Waals surface area contributed by atoms with E-state index in [-0.39, 0.29) is 12.5 Å². The number of nitrogens with zero attached hydrogens (tertiary/aromatic N) is 3. The lowest BCUT2D eigenvalue weighted by Gasteiger charge is -2.13. The third-order valence-electron chi connectivity index (χ3n) is 3.01. The summed E-state index contributed by atoms with van der Waals surface area (Å²) in [6.07, 6.45) is 4.57. The molecule has 0 radical (unpaired) electrons. The summed E-state index contributed by atoms with van der Waals surface area (Å²) < 4.78 is 11.7. The molecule has 0 atom stereocenters. The first-order valence-electron chi connectivity index (χ1n) is 6.46. The second kappa shape index (κ2) is 6.96. The molecule has 2 heterocycles. The van der Waals surface area contributed by atoms with Crippen molar-refractivity contribution in [2.75, 3.05) is 20.8 Å². The highest BCUT2D eigenvalue weighted by atomic mass is 16.7. The van der Waals surface area contributed by atoms with E-state index in [0.29, 0.717) is 11.3 Å². The Labute approximate surface area is 122 Å². The van der Waals surface area contributed by atoms with Gasteiger partial charge in [0.1, 0.15) is 0 Å². The van der Waals surface area contributed by atoms with E-state index in [1.807, 2.05) is 12.1 Å². The summed E-state index contributed by atoms with van der Waals surface area (Å²) >= 11 is 0. The minimum absolute atomic E-state index is 0.221. The number of rotatable bonds is 6. The second-order valence-electron chi connectivity index (χ2n) is 4.39. The number of pyridine rings is 1. The number of ether oxygens (including phenoxy) is 2. The van der Waals surface area contributed by atoms with Crippen molar-refractivity contribution in [2.45, 2.75) is 13.2 Å². The molecule has 0 spiro atoms. The summed E-state index contributed by atoms with van der Waals surface area (Å²) in [4.78, 5) is 16.2. The number of methoxy groups -OCH3 is 2. The molecule has 1 amide bonds. The normalized spacial score (nSPS) is 10.9. The van der Waals surface area contributed by atoms with Crippen LogP contribution in [0.15, 0.2) is 30.7 Å². The van der Waals surface area contributed by atoms with Crippen molar-refractivity contribution in [3.05, 3.63) is 42.0 Å². The molecule has 0 saturated heterocycles. The number of nitrogens with one attached hydrogen (secondary N) is 1. The molecule has 0 unspecified atom stereocenters. The van der Waals surface area contributed by atoms with Crippen molar-refractivity contribution in [3.63, 3.8) is 0 Å². The predicted octanol–water partition coefficient (Wildman–Crippen LogP) is 0.924. The Morgan fingerprint density at radius 3 is 2.81 bits per heavy atom. The summed E-state index contributed by atoms with van der Waals surface area (Å²) in [7, 11) is 3.04. The lowest BCUT2D eigenvalue weighted by molar-refractivity contribution is -0.0974. The fourth-order valence-corrected chi connectivity index (χ4v) is 1.84. The van der Waals surface area contributed by atoms with E-state index in [0.717, 1.165) is 5.69 Å². The van der Waals surface area contributed by atoms with Gasteiger partial charge in [0.2, 0.25) is 0 Å². The molecule has 2 aromatic rings. The van der Waals surface area contributed by atoms with Gasteiger partial charge in [0.25, 0.3) is 5.91 Å². The lowest BCUT2D eigenvalue weighted by atomic mass is 10.2. The number of carbonyl (C=O) groups excluding carboxylic acids is 1. The monoisotopic (exact) mass is 290 g/mol. The highest BCUT2D eigenvalue weighted by Gasteiger charge is 2.15. The standard InChI is InChI=1S/C14H18N4O3/c1-10-12(14(19)16-8-13(20-2)21-3)9-18(17-10)11-5-4-6-15-7-11/h4-7,9,13H,8H2,1-3H3,(H,16,19). The quantitative estimate of drug-likeness (QED) is 0.801. The van der Waals surface area contributed by atoms with Crippen LogP contribution in [-0.4, -0.2) is 47.7 Å². The molecule has 112 valence electrons. The van der Waals surface area contributed by atoms with E-state index in [9.17, 15) is 4.79 Å². The Morgan fingerprint density at radius 2 is 2.19 bits per heavy atom. The number of aromatic nitrogens is 3. The van der Waals surface area contributed by atoms with Crippen LogP contribution in [0, 0.1) is 6.92 Å². The summed E-state index contributed by atoms with van der Waals surface area (Å²) in [5.74, 6) is -0.221. The Hall–Kier alpha value is -2.25. The molecule has 0 aliphatic rings. The van der Waals surface area contributed by atoms with E-state index in [1.54, 1.807) is 30.2 Å². The maximum absolute atomic E-state index is 12.2. The van der Waals surface area contributed by atoms with E-state index >= 15 is 0 Å². The summed E-state index contributed by atoms with van der Waals surface area (Å²) in [6, 6.07) is 3.68. The van der Waals surface area contributed by atoms with Crippen LogP contribution in [0.3, 0.4) is 0 Å². The number of hydrogen-bond acceptors (Lipinski definition) is 5. The van der Waals surface area contributed by atoms with E-state index in [4.69, 9.17) is 9.47 Å². The van der Waals surface area contributed by atoms with Gasteiger partial charge in [-0.3, -0.25) is 9.78 Å². The molecule has 21 heavy (non-hydrogen) atoms. The molecule has 0 aliphatic carbocycles. The van der Waals surface area contributed by atoms with Crippen molar-refractivity contribution in [1.82, 2.24) is 20.1 Å². The van der Waals surface area contributed by atoms with Crippen molar-refractivity contribution >= 4 is 5.91 Å². The first-order valence-corrected chi connectivity index (χ1v) is 6.46. The number of carbonyl (C=O) groups is 1. The highest BCUT2D eigenvalue weighted by Crippen LogP contribution is 2.10. The fourth-order valence-electron chi connectivity index (χ4n) is 1.84. The summed E-state index contributed by atoms with van der Waals surface area (Å²) in [5, 5.41) is 7.07. The van der Waals surface area contributed by atoms with Crippen molar-refractivity contribution in [3.8, 4) is 5.69 Å². The van der Waals surface area contributed by atoms with Crippen LogP contribution in [0.25, 0.3) is 5.69 Å². The molecule has 7 heteroatoms. The molecule has 0 fully saturated rings. The van der Waals surface area contributed by atoms with Gasteiger partial charge in [0.15, 0.2) is 6.29 Å². The van der Waals surface area contributed by atoms with Crippen molar-refractivity contribution in [2.24, 2.45) is 0 Å². The molecule has 0 bridgehead atoms. The molecule has 2 rings (SSSR count). The average molecular weight is 290 g/mol. The molecule has 1 N–H and O–H groups in total. The van der Waals surface area contributed by atoms with Gasteiger partial charge >= 0.3 is 0 Å². The molecule has 7 nitrogen and oxygen atoms in total. The third kappa shape index (κ3) is 3.65. The van der Waals surface area contributed by atoms with Crippen LogP contribution in [-0.2, 0) is 9.47 Å². The topological polar surface area (TPSA) is 78.3 Å². The van der Waals surface area contributed by atoms with Crippen molar-refractivity contribution in [1.29, 1.82) is 0 Å². The van der Waals surface area contributed by atoms with Crippen LogP contribution in [0.5, 0.6) is 0 Å². The van der Waals surface area contributed by atoms with Crippen LogP contribution in [0.2, 0.25) is 0 Å². The SMILES string of the molecule is COC(CNC(=O)c1cn(-c2cccnc2)nc1C)OC. The second-order valence-corrected chi connectivity index (χ2v) is 4.39. The molecular formula is C14H18N4O3. The van der Waals surface area contributed by atoms with Crippen LogP contribution in [0.4, 0.5) is 0 Å². The minimum atomic E-state index is -0.470. The van der Waals surface area contributed by atoms with Gasteiger partial charge in [-0.2, -0.15) is 5.10 Å². The van der Waals surface area contributed by atoms with Crippen LogP contribution >= 0.6 is 0 Å². The van der Waals surface area contributed by atoms with E-state index in [2.05, 4.69) is 15.4 Å². The maximum atomic E-state index is 12.2. The summed E-state index contributed by atoms with van der Waals surface area (Å²) in [5.41, 5.74) is 1.94. The zero-order chi connectivity index (χ0) is 15.2. The Bertz CT molecular complexity index is 594. The molecule has 0 aliphatic heterocycles. The van der Waals surface area contributed by atoms with Gasteiger partial charge in [-0.25, -0.2) is 4.68 Å². The Morgan fingerprint density at radius 1 is 1.43 bits per heavy atom. The van der Waals surface area contributed by atoms with Gasteiger partial charge in [-0.15, -0.1) is 0 Å². The number of aryl methyl sites for hydroxylation is 1. The Balaban J connectivity index is 2.10. The fraction of sp³-hybridized carbons (Fsp3) is 0.357. The van der Waals surface area contributed by atoms with Crippen LogP contribution < -0.4 is 5.32 Å². The molecule has 0 saturated carbocycles. The first kappa shape index (κ1) is 15.1. The van der Waals surface area contributed by atoms with E-state index in [1.165, 1.54) is 14.2 Å². The van der Waals surface area contributed by atoms with Gasteiger partial charge in [0.05, 0.1) is 29.7 Å². The molecule has 0 aromatic carbocycles. The number of hydrogen-bond donors (Lipinski definition) is 1. The van der Waals surface area contributed by atoms with Gasteiger partial charge in [-0.1, -0.05) is 0 Å². The lowest BCUT2D eigenvalue weighted by Crippen LogP contribution is -2.34. The number of amides is 1. The summed E-state index contributed by atoms with van der Waals surface area (Å²) in [6.45, 7) is 2.05. The third-order valence-corrected chi connectivity index (χ3v) is 3.01. The average Bonchev–Trinajstić information content (AvgIpc) is 2.91. The highest BCUT2D eigenvalue weighted by molar-refractivity contribution is 5.95.